The summed E-state index contributed by atoms with van der Waals surface area (Å²) in [6.45, 7) is 5.45. The third-order valence-electron chi connectivity index (χ3n) is 7.36. The van der Waals surface area contributed by atoms with Crippen LogP contribution in [0, 0.1) is 6.92 Å². The topological polar surface area (TPSA) is 64.7 Å². The van der Waals surface area contributed by atoms with Gasteiger partial charge >= 0.3 is 6.03 Å². The molecule has 1 saturated carbocycles. The lowest BCUT2D eigenvalue weighted by Crippen LogP contribution is -2.47. The standard InChI is InChI=1S/C29H40N4O2/c1-23-12-14-25(15-13-23)31-29(35)33(27-10-6-3-7-11-27)21-18-28(34)30-26-16-19-32(20-17-26)22-24-8-4-2-5-9-24/h2,4-5,8-9,12-15,26-27H,3,6-7,10-11,16-22H2,1H3,(H,30,34)(H,31,35). The predicted octanol–water partition coefficient (Wildman–Crippen LogP) is 5.33. The van der Waals surface area contributed by atoms with Crippen molar-refractivity contribution in [2.45, 2.75) is 76.9 Å². The van der Waals surface area contributed by atoms with Crippen LogP contribution < -0.4 is 10.6 Å². The molecule has 1 aliphatic carbocycles. The summed E-state index contributed by atoms with van der Waals surface area (Å²) < 4.78 is 0. The minimum atomic E-state index is -0.0947. The maximum atomic E-state index is 13.2. The Kier molecular flexibility index (Phi) is 9.18. The number of hydrogen-bond donors (Lipinski definition) is 2. The van der Waals surface area contributed by atoms with E-state index in [0.29, 0.717) is 13.0 Å². The van der Waals surface area contributed by atoms with E-state index in [-0.39, 0.29) is 24.0 Å². The zero-order chi connectivity index (χ0) is 24.5. The van der Waals surface area contributed by atoms with Crippen LogP contribution in [0.2, 0.25) is 0 Å². The Bertz CT molecular complexity index is 933. The van der Waals surface area contributed by atoms with Crippen LogP contribution in [0.3, 0.4) is 0 Å². The molecule has 1 heterocycles. The maximum Gasteiger partial charge on any atom is 0.322 e. The second-order valence-electron chi connectivity index (χ2n) is 10.1. The predicted molar refractivity (Wildman–Crippen MR) is 141 cm³/mol. The van der Waals surface area contributed by atoms with Crippen molar-refractivity contribution < 1.29 is 9.59 Å². The molecule has 6 nitrogen and oxygen atoms in total. The summed E-state index contributed by atoms with van der Waals surface area (Å²) in [5.74, 6) is 0.0513. The minimum Gasteiger partial charge on any atom is -0.353 e. The summed E-state index contributed by atoms with van der Waals surface area (Å²) >= 11 is 0. The van der Waals surface area contributed by atoms with Gasteiger partial charge in [0.25, 0.3) is 0 Å². The van der Waals surface area contributed by atoms with Gasteiger partial charge in [-0.3, -0.25) is 9.69 Å². The van der Waals surface area contributed by atoms with Crippen LogP contribution in [0.4, 0.5) is 10.5 Å². The first-order valence-electron chi connectivity index (χ1n) is 13.3. The van der Waals surface area contributed by atoms with Gasteiger partial charge in [-0.1, -0.05) is 67.3 Å². The first kappa shape index (κ1) is 25.2. The number of carbonyl (C=O) groups is 2. The van der Waals surface area contributed by atoms with Crippen LogP contribution in [0.1, 0.15) is 62.5 Å². The van der Waals surface area contributed by atoms with Gasteiger partial charge < -0.3 is 15.5 Å². The van der Waals surface area contributed by atoms with Gasteiger partial charge in [0.15, 0.2) is 0 Å². The first-order chi connectivity index (χ1) is 17.1. The van der Waals surface area contributed by atoms with Gasteiger partial charge in [0, 0.05) is 50.4 Å². The number of amides is 3. The Morgan fingerprint density at radius 1 is 0.914 bits per heavy atom. The molecular weight excluding hydrogens is 436 g/mol. The number of nitrogens with one attached hydrogen (secondary N) is 2. The smallest absolute Gasteiger partial charge is 0.322 e. The van der Waals surface area contributed by atoms with Gasteiger partial charge in [-0.15, -0.1) is 0 Å². The lowest BCUT2D eigenvalue weighted by Gasteiger charge is -2.35. The van der Waals surface area contributed by atoms with Crippen molar-refractivity contribution in [1.29, 1.82) is 0 Å². The molecule has 3 amide bonds. The zero-order valence-corrected chi connectivity index (χ0v) is 21.0. The molecule has 4 rings (SSSR count). The first-order valence-corrected chi connectivity index (χ1v) is 13.3. The molecular formula is C29H40N4O2. The maximum absolute atomic E-state index is 13.2. The molecule has 0 unspecified atom stereocenters. The molecule has 0 atom stereocenters. The van der Waals surface area contributed by atoms with Crippen LogP contribution in [-0.4, -0.2) is 53.5 Å². The number of hydrogen-bond acceptors (Lipinski definition) is 3. The fraction of sp³-hybridized carbons (Fsp3) is 0.517. The van der Waals surface area contributed by atoms with Crippen LogP contribution in [0.15, 0.2) is 54.6 Å². The highest BCUT2D eigenvalue weighted by Gasteiger charge is 2.27. The van der Waals surface area contributed by atoms with Crippen LogP contribution in [0.5, 0.6) is 0 Å². The average Bonchev–Trinajstić information content (AvgIpc) is 2.88. The van der Waals surface area contributed by atoms with E-state index in [1.807, 2.05) is 42.2 Å². The SMILES string of the molecule is Cc1ccc(NC(=O)N(CCC(=O)NC2CCN(Cc3ccccc3)CC2)C2CCCCC2)cc1. The highest BCUT2D eigenvalue weighted by molar-refractivity contribution is 5.90. The lowest BCUT2D eigenvalue weighted by molar-refractivity contribution is -0.122. The number of benzene rings is 2. The molecule has 0 spiro atoms. The summed E-state index contributed by atoms with van der Waals surface area (Å²) in [5.41, 5.74) is 3.30. The highest BCUT2D eigenvalue weighted by atomic mass is 16.2. The van der Waals surface area contributed by atoms with Crippen LogP contribution in [0.25, 0.3) is 0 Å². The molecule has 0 radical (unpaired) electrons. The molecule has 35 heavy (non-hydrogen) atoms. The van der Waals surface area contributed by atoms with Gasteiger partial charge in [-0.25, -0.2) is 4.79 Å². The van der Waals surface area contributed by atoms with Crippen molar-refractivity contribution in [3.8, 4) is 0 Å². The van der Waals surface area contributed by atoms with Crippen molar-refractivity contribution in [3.63, 3.8) is 0 Å². The third kappa shape index (κ3) is 7.82. The summed E-state index contributed by atoms with van der Waals surface area (Å²) in [6.07, 6.45) is 7.85. The number of carbonyl (C=O) groups excluding carboxylic acids is 2. The van der Waals surface area contributed by atoms with Crippen molar-refractivity contribution in [2.75, 3.05) is 25.0 Å². The minimum absolute atomic E-state index is 0.0513. The van der Waals surface area contributed by atoms with Gasteiger partial charge in [0.05, 0.1) is 0 Å². The number of likely N-dealkylation sites (tertiary alicyclic amines) is 1. The number of nitrogens with zero attached hydrogens (tertiary/aromatic N) is 2. The second kappa shape index (κ2) is 12.7. The van der Waals surface area contributed by atoms with Gasteiger partial charge in [-0.05, 0) is 50.3 Å². The number of rotatable bonds is 8. The molecule has 2 aliphatic rings. The summed E-state index contributed by atoms with van der Waals surface area (Å²) in [5, 5.41) is 6.28. The van der Waals surface area contributed by atoms with Crippen molar-refractivity contribution in [2.24, 2.45) is 0 Å². The number of anilines is 1. The summed E-state index contributed by atoms with van der Waals surface area (Å²) in [6, 6.07) is 18.8. The van der Waals surface area contributed by atoms with Crippen molar-refractivity contribution in [3.05, 3.63) is 65.7 Å². The van der Waals surface area contributed by atoms with E-state index in [1.165, 1.54) is 12.0 Å². The Labute approximate surface area is 210 Å². The number of aryl methyl sites for hydroxylation is 1. The summed E-state index contributed by atoms with van der Waals surface area (Å²) in [7, 11) is 0. The van der Waals surface area contributed by atoms with E-state index in [9.17, 15) is 9.59 Å². The average molecular weight is 477 g/mol. The van der Waals surface area contributed by atoms with E-state index in [2.05, 4.69) is 39.8 Å². The molecule has 1 saturated heterocycles. The Balaban J connectivity index is 1.25. The fourth-order valence-corrected chi connectivity index (χ4v) is 5.27. The van der Waals surface area contributed by atoms with Gasteiger partial charge in [0.2, 0.25) is 5.91 Å². The monoisotopic (exact) mass is 476 g/mol. The Hall–Kier alpha value is -2.86. The molecule has 0 aromatic heterocycles. The van der Waals surface area contributed by atoms with E-state index < -0.39 is 0 Å². The molecule has 2 fully saturated rings. The van der Waals surface area contributed by atoms with Crippen molar-refractivity contribution in [1.82, 2.24) is 15.1 Å². The third-order valence-corrected chi connectivity index (χ3v) is 7.36. The molecule has 2 N–H and O–H groups in total. The Morgan fingerprint density at radius 3 is 2.29 bits per heavy atom. The molecule has 1 aliphatic heterocycles. The van der Waals surface area contributed by atoms with Gasteiger partial charge in [0.1, 0.15) is 0 Å². The van der Waals surface area contributed by atoms with E-state index in [4.69, 9.17) is 0 Å². The highest BCUT2D eigenvalue weighted by Crippen LogP contribution is 2.24. The molecule has 2 aromatic rings. The van der Waals surface area contributed by atoms with E-state index in [0.717, 1.165) is 69.4 Å². The quantitative estimate of drug-likeness (QED) is 0.541. The normalized spacial score (nSPS) is 17.6. The number of piperidine rings is 1. The molecule has 6 heteroatoms. The fourth-order valence-electron chi connectivity index (χ4n) is 5.27. The lowest BCUT2D eigenvalue weighted by atomic mass is 9.94. The van der Waals surface area contributed by atoms with E-state index >= 15 is 0 Å². The van der Waals surface area contributed by atoms with E-state index in [1.54, 1.807) is 0 Å². The van der Waals surface area contributed by atoms with Crippen LogP contribution in [-0.2, 0) is 11.3 Å². The number of urea groups is 1. The van der Waals surface area contributed by atoms with Crippen molar-refractivity contribution >= 4 is 17.6 Å². The summed E-state index contributed by atoms with van der Waals surface area (Å²) in [4.78, 5) is 30.3. The Morgan fingerprint density at radius 2 is 1.60 bits per heavy atom. The molecule has 2 aromatic carbocycles. The van der Waals surface area contributed by atoms with Crippen LogP contribution >= 0.6 is 0 Å². The second-order valence-corrected chi connectivity index (χ2v) is 10.1. The largest absolute Gasteiger partial charge is 0.353 e. The van der Waals surface area contributed by atoms with Gasteiger partial charge in [-0.2, -0.15) is 0 Å². The molecule has 188 valence electrons. The molecule has 0 bridgehead atoms. The zero-order valence-electron chi connectivity index (χ0n) is 21.0.